The van der Waals surface area contributed by atoms with Crippen LogP contribution < -0.4 is 16.2 Å². The highest BCUT2D eigenvalue weighted by Gasteiger charge is 2.09. The van der Waals surface area contributed by atoms with E-state index < -0.39 is 0 Å². The molecule has 1 aromatic rings. The van der Waals surface area contributed by atoms with E-state index >= 15 is 0 Å². The van der Waals surface area contributed by atoms with E-state index in [1.165, 1.54) is 0 Å². The van der Waals surface area contributed by atoms with Gasteiger partial charge in [-0.25, -0.2) is 0 Å². The Balaban J connectivity index is 0.00000196. The molecular weight excluding hydrogens is 212 g/mol. The van der Waals surface area contributed by atoms with Crippen LogP contribution in [0.3, 0.4) is 0 Å². The molecule has 0 spiro atoms. The van der Waals surface area contributed by atoms with Crippen LogP contribution in [-0.2, 0) is 0 Å². The van der Waals surface area contributed by atoms with Gasteiger partial charge in [-0.05, 0) is 26.0 Å². The summed E-state index contributed by atoms with van der Waals surface area (Å²) in [5, 5.41) is 0. The van der Waals surface area contributed by atoms with Crippen LogP contribution in [0.25, 0.3) is 0 Å². The zero-order valence-electron chi connectivity index (χ0n) is 8.98. The maximum atomic E-state index is 5.98. The van der Waals surface area contributed by atoms with Crippen molar-refractivity contribution in [3.8, 4) is 5.75 Å². The monoisotopic (exact) mass is 230 g/mol. The maximum absolute atomic E-state index is 5.98. The Morgan fingerprint density at radius 1 is 1.33 bits per heavy atom. The van der Waals surface area contributed by atoms with Gasteiger partial charge in [-0.15, -0.1) is 12.4 Å². The number of rotatable bonds is 5. The first-order valence-corrected chi connectivity index (χ1v) is 4.97. The second-order valence-corrected chi connectivity index (χ2v) is 3.15. The summed E-state index contributed by atoms with van der Waals surface area (Å²) in [5.41, 5.74) is 12.5. The van der Waals surface area contributed by atoms with Crippen molar-refractivity contribution in [2.75, 3.05) is 13.2 Å². The summed E-state index contributed by atoms with van der Waals surface area (Å²) >= 11 is 0. The Morgan fingerprint density at radius 2 is 2.00 bits per heavy atom. The van der Waals surface area contributed by atoms with E-state index in [9.17, 15) is 0 Å². The fraction of sp³-hybridized carbons (Fsp3) is 0.455. The lowest BCUT2D eigenvalue weighted by atomic mass is 10.0. The van der Waals surface area contributed by atoms with E-state index in [1.54, 1.807) is 0 Å². The number of benzene rings is 1. The van der Waals surface area contributed by atoms with Crippen LogP contribution in [0.4, 0.5) is 0 Å². The first-order valence-electron chi connectivity index (χ1n) is 4.97. The zero-order valence-corrected chi connectivity index (χ0v) is 9.80. The smallest absolute Gasteiger partial charge is 0.124 e. The van der Waals surface area contributed by atoms with Crippen molar-refractivity contribution in [1.82, 2.24) is 0 Å². The quantitative estimate of drug-likeness (QED) is 0.812. The molecule has 0 aliphatic heterocycles. The third-order valence-electron chi connectivity index (χ3n) is 2.10. The molecule has 0 fully saturated rings. The van der Waals surface area contributed by atoms with E-state index in [-0.39, 0.29) is 18.4 Å². The molecule has 0 aromatic heterocycles. The molecule has 0 unspecified atom stereocenters. The Kier molecular flexibility index (Phi) is 7.13. The topological polar surface area (TPSA) is 61.3 Å². The minimum atomic E-state index is -0.0252. The first kappa shape index (κ1) is 14.2. The number of ether oxygens (including phenoxy) is 1. The minimum Gasteiger partial charge on any atom is -0.494 e. The zero-order chi connectivity index (χ0) is 10.4. The molecule has 0 aliphatic carbocycles. The van der Waals surface area contributed by atoms with Crippen LogP contribution in [0.5, 0.6) is 5.75 Å². The summed E-state index contributed by atoms with van der Waals surface area (Å²) in [6.07, 6.45) is 0.782. The highest BCUT2D eigenvalue weighted by atomic mass is 35.5. The molecule has 4 N–H and O–H groups in total. The minimum absolute atomic E-state index is 0. The second kappa shape index (κ2) is 7.51. The summed E-state index contributed by atoms with van der Waals surface area (Å²) in [6, 6.07) is 7.82. The molecular formula is C11H19ClN2O. The molecule has 0 saturated heterocycles. The van der Waals surface area contributed by atoms with Crippen LogP contribution >= 0.6 is 12.4 Å². The van der Waals surface area contributed by atoms with Gasteiger partial charge in [0, 0.05) is 11.6 Å². The third-order valence-corrected chi connectivity index (χ3v) is 2.10. The van der Waals surface area contributed by atoms with Crippen molar-refractivity contribution >= 4 is 12.4 Å². The lowest BCUT2D eigenvalue weighted by Crippen LogP contribution is -2.16. The van der Waals surface area contributed by atoms with Gasteiger partial charge in [0.2, 0.25) is 0 Å². The average molecular weight is 231 g/mol. The number of halogens is 1. The fourth-order valence-electron chi connectivity index (χ4n) is 1.41. The summed E-state index contributed by atoms with van der Waals surface area (Å²) in [7, 11) is 0. The van der Waals surface area contributed by atoms with E-state index in [0.29, 0.717) is 13.2 Å². The van der Waals surface area contributed by atoms with Gasteiger partial charge in [0.05, 0.1) is 6.61 Å². The van der Waals surface area contributed by atoms with Gasteiger partial charge >= 0.3 is 0 Å². The lowest BCUT2D eigenvalue weighted by Gasteiger charge is -2.15. The number of hydrogen-bond donors (Lipinski definition) is 2. The van der Waals surface area contributed by atoms with Gasteiger partial charge in [-0.3, -0.25) is 0 Å². The molecule has 1 aromatic carbocycles. The molecule has 0 bridgehead atoms. The largest absolute Gasteiger partial charge is 0.494 e. The van der Waals surface area contributed by atoms with E-state index in [0.717, 1.165) is 17.7 Å². The highest BCUT2D eigenvalue weighted by molar-refractivity contribution is 5.85. The standard InChI is InChI=1S/C11H18N2O.ClH/c1-2-14-11-6-4-3-5-9(11)10(13)7-8-12;/h3-6,10H,2,7-8,12-13H2,1H3;1H/t10-;/m0./s1. The SMILES string of the molecule is CCOc1ccccc1[C@@H](N)CCN.Cl. The Labute approximate surface area is 97.2 Å². The van der Waals surface area contributed by atoms with Gasteiger partial charge in [0.25, 0.3) is 0 Å². The van der Waals surface area contributed by atoms with Crippen molar-refractivity contribution in [2.45, 2.75) is 19.4 Å². The van der Waals surface area contributed by atoms with Crippen molar-refractivity contribution in [3.63, 3.8) is 0 Å². The van der Waals surface area contributed by atoms with Gasteiger partial charge < -0.3 is 16.2 Å². The van der Waals surface area contributed by atoms with E-state index in [1.807, 2.05) is 31.2 Å². The predicted molar refractivity (Wildman–Crippen MR) is 65.5 cm³/mol. The highest BCUT2D eigenvalue weighted by Crippen LogP contribution is 2.24. The molecule has 0 aliphatic rings. The normalized spacial score (nSPS) is 11.7. The molecule has 0 radical (unpaired) electrons. The summed E-state index contributed by atoms with van der Waals surface area (Å²) in [6.45, 7) is 3.22. The molecule has 0 amide bonds. The van der Waals surface area contributed by atoms with Gasteiger partial charge in [-0.2, -0.15) is 0 Å². The Hall–Kier alpha value is -0.770. The van der Waals surface area contributed by atoms with Gasteiger partial charge in [0.15, 0.2) is 0 Å². The van der Waals surface area contributed by atoms with Crippen molar-refractivity contribution in [2.24, 2.45) is 11.5 Å². The van der Waals surface area contributed by atoms with Crippen LogP contribution in [0.1, 0.15) is 24.9 Å². The fourth-order valence-corrected chi connectivity index (χ4v) is 1.41. The molecule has 15 heavy (non-hydrogen) atoms. The number of para-hydroxylation sites is 1. The molecule has 3 nitrogen and oxygen atoms in total. The van der Waals surface area contributed by atoms with Crippen LogP contribution in [0.2, 0.25) is 0 Å². The summed E-state index contributed by atoms with van der Waals surface area (Å²) in [4.78, 5) is 0. The molecule has 4 heteroatoms. The van der Waals surface area contributed by atoms with Crippen molar-refractivity contribution < 1.29 is 4.74 Å². The van der Waals surface area contributed by atoms with Crippen molar-refractivity contribution in [1.29, 1.82) is 0 Å². The van der Waals surface area contributed by atoms with E-state index in [4.69, 9.17) is 16.2 Å². The molecule has 1 atom stereocenters. The van der Waals surface area contributed by atoms with Crippen LogP contribution in [0, 0.1) is 0 Å². The lowest BCUT2D eigenvalue weighted by molar-refractivity contribution is 0.333. The summed E-state index contributed by atoms with van der Waals surface area (Å²) < 4.78 is 5.48. The van der Waals surface area contributed by atoms with Crippen LogP contribution in [0.15, 0.2) is 24.3 Å². The third kappa shape index (κ3) is 4.08. The predicted octanol–water partition coefficient (Wildman–Crippen LogP) is 1.86. The molecule has 86 valence electrons. The number of hydrogen-bond acceptors (Lipinski definition) is 3. The average Bonchev–Trinajstić information content (AvgIpc) is 2.19. The van der Waals surface area contributed by atoms with Crippen LogP contribution in [-0.4, -0.2) is 13.2 Å². The first-order chi connectivity index (χ1) is 6.79. The second-order valence-electron chi connectivity index (χ2n) is 3.15. The molecule has 0 saturated carbocycles. The number of nitrogens with two attached hydrogens (primary N) is 2. The molecule has 0 heterocycles. The van der Waals surface area contributed by atoms with E-state index in [2.05, 4.69) is 0 Å². The maximum Gasteiger partial charge on any atom is 0.124 e. The Morgan fingerprint density at radius 3 is 2.60 bits per heavy atom. The van der Waals surface area contributed by atoms with Gasteiger partial charge in [-0.1, -0.05) is 18.2 Å². The van der Waals surface area contributed by atoms with Crippen molar-refractivity contribution in [3.05, 3.63) is 29.8 Å². The summed E-state index contributed by atoms with van der Waals surface area (Å²) in [5.74, 6) is 0.871. The molecule has 1 rings (SSSR count). The Bertz CT molecular complexity index is 281. The van der Waals surface area contributed by atoms with Gasteiger partial charge in [0.1, 0.15) is 5.75 Å².